The second-order valence-corrected chi connectivity index (χ2v) is 2.99. The summed E-state index contributed by atoms with van der Waals surface area (Å²) in [5.74, 6) is 5.00. The average molecular weight is 177 g/mol. The highest BCUT2D eigenvalue weighted by atomic mass is 16.6. The van der Waals surface area contributed by atoms with E-state index in [2.05, 4.69) is 9.82 Å². The molecule has 1 heterocycles. The van der Waals surface area contributed by atoms with Crippen molar-refractivity contribution in [2.45, 2.75) is 6.61 Å². The Morgan fingerprint density at radius 3 is 3.15 bits per heavy atom. The second-order valence-electron chi connectivity index (χ2n) is 2.99. The van der Waals surface area contributed by atoms with E-state index in [-0.39, 0.29) is 0 Å². The summed E-state index contributed by atoms with van der Waals surface area (Å²) < 4.78 is 1.97. The number of hydrogen-bond acceptors (Lipinski definition) is 3. The highest BCUT2D eigenvalue weighted by molar-refractivity contribution is 5.75. The summed E-state index contributed by atoms with van der Waals surface area (Å²) in [4.78, 5) is 8.77. The zero-order valence-electron chi connectivity index (χ0n) is 7.40. The van der Waals surface area contributed by atoms with Crippen LogP contribution in [0.25, 0.3) is 11.0 Å². The number of aromatic nitrogens is 2. The van der Waals surface area contributed by atoms with Gasteiger partial charge in [0, 0.05) is 7.05 Å². The minimum atomic E-state index is 0.432. The van der Waals surface area contributed by atoms with E-state index in [9.17, 15) is 0 Å². The SMILES string of the molecule is Cn1cnc2ccc(CON)cc21. The van der Waals surface area contributed by atoms with Crippen LogP contribution in [0.2, 0.25) is 0 Å². The third-order valence-corrected chi connectivity index (χ3v) is 2.04. The molecular weight excluding hydrogens is 166 g/mol. The lowest BCUT2D eigenvalue weighted by Gasteiger charge is -1.99. The van der Waals surface area contributed by atoms with Crippen LogP contribution in [0, 0.1) is 0 Å². The lowest BCUT2D eigenvalue weighted by Crippen LogP contribution is -1.98. The molecule has 2 aromatic rings. The maximum absolute atomic E-state index is 5.00. The molecule has 0 aliphatic carbocycles. The van der Waals surface area contributed by atoms with Crippen LogP contribution in [-0.2, 0) is 18.5 Å². The standard InChI is InChI=1S/C9H11N3O/c1-12-6-11-8-3-2-7(5-13-10)4-9(8)12/h2-4,6H,5,10H2,1H3. The fraction of sp³-hybridized carbons (Fsp3) is 0.222. The third-order valence-electron chi connectivity index (χ3n) is 2.04. The molecule has 2 rings (SSSR count). The molecule has 0 atom stereocenters. The predicted molar refractivity (Wildman–Crippen MR) is 49.7 cm³/mol. The van der Waals surface area contributed by atoms with Gasteiger partial charge in [0.1, 0.15) is 0 Å². The van der Waals surface area contributed by atoms with Crippen molar-refractivity contribution < 1.29 is 4.84 Å². The first-order valence-electron chi connectivity index (χ1n) is 4.03. The van der Waals surface area contributed by atoms with Crippen molar-refractivity contribution in [3.8, 4) is 0 Å². The Morgan fingerprint density at radius 1 is 1.54 bits per heavy atom. The van der Waals surface area contributed by atoms with Gasteiger partial charge in [-0.2, -0.15) is 0 Å². The number of nitrogens with zero attached hydrogens (tertiary/aromatic N) is 2. The molecule has 0 bridgehead atoms. The van der Waals surface area contributed by atoms with Gasteiger partial charge in [-0.05, 0) is 17.7 Å². The normalized spacial score (nSPS) is 10.9. The number of benzene rings is 1. The van der Waals surface area contributed by atoms with Crippen LogP contribution in [0.3, 0.4) is 0 Å². The molecule has 4 nitrogen and oxygen atoms in total. The third kappa shape index (κ3) is 1.41. The molecule has 13 heavy (non-hydrogen) atoms. The van der Waals surface area contributed by atoms with Crippen molar-refractivity contribution in [1.82, 2.24) is 9.55 Å². The molecule has 0 spiro atoms. The Labute approximate surface area is 75.9 Å². The maximum Gasteiger partial charge on any atom is 0.0955 e. The topological polar surface area (TPSA) is 53.1 Å². The van der Waals surface area contributed by atoms with E-state index in [1.807, 2.05) is 29.8 Å². The summed E-state index contributed by atoms with van der Waals surface area (Å²) in [6.07, 6.45) is 1.79. The molecule has 68 valence electrons. The molecule has 0 unspecified atom stereocenters. The molecule has 0 amide bonds. The summed E-state index contributed by atoms with van der Waals surface area (Å²) in [6, 6.07) is 5.95. The molecule has 0 radical (unpaired) electrons. The van der Waals surface area contributed by atoms with Crippen LogP contribution in [0.5, 0.6) is 0 Å². The van der Waals surface area contributed by atoms with Crippen molar-refractivity contribution in [2.24, 2.45) is 12.9 Å². The molecule has 1 aromatic carbocycles. The van der Waals surface area contributed by atoms with Crippen molar-refractivity contribution in [2.75, 3.05) is 0 Å². The van der Waals surface area contributed by atoms with Gasteiger partial charge in [-0.1, -0.05) is 6.07 Å². The number of aryl methyl sites for hydroxylation is 1. The zero-order chi connectivity index (χ0) is 9.26. The van der Waals surface area contributed by atoms with Gasteiger partial charge in [-0.25, -0.2) is 10.9 Å². The van der Waals surface area contributed by atoms with Crippen molar-refractivity contribution >= 4 is 11.0 Å². The van der Waals surface area contributed by atoms with E-state index in [0.717, 1.165) is 16.6 Å². The molecule has 0 saturated carbocycles. The predicted octanol–water partition coefficient (Wildman–Crippen LogP) is 0.964. The first-order chi connectivity index (χ1) is 6.31. The first-order valence-corrected chi connectivity index (χ1v) is 4.03. The molecule has 0 aliphatic heterocycles. The summed E-state index contributed by atoms with van der Waals surface area (Å²) in [7, 11) is 1.96. The summed E-state index contributed by atoms with van der Waals surface area (Å²) in [6.45, 7) is 0.432. The van der Waals surface area contributed by atoms with Crippen LogP contribution >= 0.6 is 0 Å². The van der Waals surface area contributed by atoms with Crippen LogP contribution in [0.4, 0.5) is 0 Å². The Morgan fingerprint density at radius 2 is 2.38 bits per heavy atom. The molecule has 0 aliphatic rings. The Bertz CT molecular complexity index is 422. The second kappa shape index (κ2) is 3.16. The van der Waals surface area contributed by atoms with Gasteiger partial charge in [0.15, 0.2) is 0 Å². The Balaban J connectivity index is 2.53. The maximum atomic E-state index is 5.00. The Hall–Kier alpha value is -1.39. The van der Waals surface area contributed by atoms with Crippen LogP contribution in [-0.4, -0.2) is 9.55 Å². The molecule has 2 N–H and O–H groups in total. The summed E-state index contributed by atoms with van der Waals surface area (Å²) >= 11 is 0. The fourth-order valence-electron chi connectivity index (χ4n) is 1.36. The largest absolute Gasteiger partial charge is 0.334 e. The summed E-state index contributed by atoms with van der Waals surface area (Å²) in [5, 5.41) is 0. The smallest absolute Gasteiger partial charge is 0.0955 e. The van der Waals surface area contributed by atoms with Crippen molar-refractivity contribution in [1.29, 1.82) is 0 Å². The van der Waals surface area contributed by atoms with Gasteiger partial charge in [0.25, 0.3) is 0 Å². The van der Waals surface area contributed by atoms with Gasteiger partial charge < -0.3 is 4.57 Å². The number of hydrogen-bond donors (Lipinski definition) is 1. The van der Waals surface area contributed by atoms with E-state index in [1.54, 1.807) is 6.33 Å². The zero-order valence-corrected chi connectivity index (χ0v) is 7.40. The van der Waals surface area contributed by atoms with E-state index in [1.165, 1.54) is 0 Å². The highest BCUT2D eigenvalue weighted by Crippen LogP contribution is 2.13. The first kappa shape index (κ1) is 8.22. The van der Waals surface area contributed by atoms with Gasteiger partial charge in [-0.15, -0.1) is 0 Å². The number of imidazole rings is 1. The van der Waals surface area contributed by atoms with E-state index in [4.69, 9.17) is 5.90 Å². The number of rotatable bonds is 2. The van der Waals surface area contributed by atoms with Gasteiger partial charge in [0.2, 0.25) is 0 Å². The molecule has 1 aromatic heterocycles. The van der Waals surface area contributed by atoms with E-state index >= 15 is 0 Å². The highest BCUT2D eigenvalue weighted by Gasteiger charge is 2.00. The fourth-order valence-corrected chi connectivity index (χ4v) is 1.36. The Kier molecular flexibility index (Phi) is 2.00. The van der Waals surface area contributed by atoms with Crippen molar-refractivity contribution in [3.63, 3.8) is 0 Å². The lowest BCUT2D eigenvalue weighted by molar-refractivity contribution is 0.124. The van der Waals surface area contributed by atoms with Crippen LogP contribution in [0.1, 0.15) is 5.56 Å². The minimum absolute atomic E-state index is 0.432. The molecule has 4 heteroatoms. The average Bonchev–Trinajstić information content (AvgIpc) is 2.49. The van der Waals surface area contributed by atoms with Gasteiger partial charge in [-0.3, -0.25) is 4.84 Å². The molecule has 0 fully saturated rings. The minimum Gasteiger partial charge on any atom is -0.334 e. The lowest BCUT2D eigenvalue weighted by atomic mass is 10.2. The quantitative estimate of drug-likeness (QED) is 0.695. The van der Waals surface area contributed by atoms with E-state index < -0.39 is 0 Å². The summed E-state index contributed by atoms with van der Waals surface area (Å²) in [5.41, 5.74) is 3.14. The monoisotopic (exact) mass is 177 g/mol. The van der Waals surface area contributed by atoms with Gasteiger partial charge >= 0.3 is 0 Å². The van der Waals surface area contributed by atoms with E-state index in [0.29, 0.717) is 6.61 Å². The number of nitrogens with two attached hydrogens (primary N) is 1. The van der Waals surface area contributed by atoms with Crippen LogP contribution < -0.4 is 5.90 Å². The number of fused-ring (bicyclic) bond motifs is 1. The van der Waals surface area contributed by atoms with Gasteiger partial charge in [0.05, 0.1) is 24.0 Å². The molecule has 0 saturated heterocycles. The van der Waals surface area contributed by atoms with Crippen LogP contribution in [0.15, 0.2) is 24.5 Å². The van der Waals surface area contributed by atoms with Crippen molar-refractivity contribution in [3.05, 3.63) is 30.1 Å². The molecular formula is C9H11N3O.